The average molecular weight is 322 g/mol. The van der Waals surface area contributed by atoms with Crippen LogP contribution in [0.3, 0.4) is 0 Å². The van der Waals surface area contributed by atoms with Gasteiger partial charge in [0.1, 0.15) is 10.7 Å². The minimum absolute atomic E-state index is 0.000809. The molecule has 0 atom stereocenters. The second-order valence-corrected chi connectivity index (χ2v) is 7.01. The fourth-order valence-electron chi connectivity index (χ4n) is 3.43. The maximum absolute atomic E-state index is 12.5. The Labute approximate surface area is 135 Å². The molecular formula is C17H14N4OS. The molecule has 0 aromatic carbocycles. The molecule has 0 bridgehead atoms. The molecule has 0 unspecified atom stereocenters. The molecule has 1 aliphatic rings. The molecule has 4 aromatic rings. The number of aromatic amines is 1. The van der Waals surface area contributed by atoms with E-state index in [1.807, 2.05) is 35.1 Å². The standard InChI is InChI=1S/C17H14N4OS/c22-16-15-11-4-3-6-13(11)23-17(15)20-14(19-16)8-10-9-18-21-7-2-1-5-12(10)21/h1-2,5,7,9H,3-4,6,8H2,(H,19,20,22). The second-order valence-electron chi connectivity index (χ2n) is 5.93. The van der Waals surface area contributed by atoms with Crippen LogP contribution < -0.4 is 5.56 Å². The van der Waals surface area contributed by atoms with Crippen molar-refractivity contribution in [2.45, 2.75) is 25.7 Å². The summed E-state index contributed by atoms with van der Waals surface area (Å²) >= 11 is 1.68. The molecule has 6 heteroatoms. The van der Waals surface area contributed by atoms with Gasteiger partial charge in [-0.2, -0.15) is 5.10 Å². The number of H-pyrrole nitrogens is 1. The molecule has 0 fully saturated rings. The number of aromatic nitrogens is 4. The molecule has 0 saturated heterocycles. The molecule has 0 aliphatic heterocycles. The molecule has 0 amide bonds. The lowest BCUT2D eigenvalue weighted by atomic mass is 10.1. The van der Waals surface area contributed by atoms with Gasteiger partial charge in [0.05, 0.1) is 17.1 Å². The minimum Gasteiger partial charge on any atom is -0.310 e. The first-order valence-electron chi connectivity index (χ1n) is 7.74. The summed E-state index contributed by atoms with van der Waals surface area (Å²) in [5.41, 5.74) is 3.34. The van der Waals surface area contributed by atoms with E-state index in [-0.39, 0.29) is 5.56 Å². The van der Waals surface area contributed by atoms with E-state index < -0.39 is 0 Å². The molecule has 0 radical (unpaired) electrons. The number of hydrogen-bond donors (Lipinski definition) is 1. The number of nitrogens with zero attached hydrogens (tertiary/aromatic N) is 3. The largest absolute Gasteiger partial charge is 0.310 e. The SMILES string of the molecule is O=c1[nH]c(Cc2cnn3ccccc23)nc2sc3c(c12)CCC3. The summed E-state index contributed by atoms with van der Waals surface area (Å²) in [6.07, 6.45) is 7.59. The van der Waals surface area contributed by atoms with Crippen LogP contribution in [0, 0.1) is 0 Å². The zero-order valence-corrected chi connectivity index (χ0v) is 13.2. The van der Waals surface area contributed by atoms with Crippen molar-refractivity contribution in [1.82, 2.24) is 19.6 Å². The highest BCUT2D eigenvalue weighted by molar-refractivity contribution is 7.18. The van der Waals surface area contributed by atoms with Crippen LogP contribution in [-0.4, -0.2) is 19.6 Å². The molecule has 5 nitrogen and oxygen atoms in total. The number of rotatable bonds is 2. The van der Waals surface area contributed by atoms with Crippen molar-refractivity contribution < 1.29 is 0 Å². The Kier molecular flexibility index (Phi) is 2.69. The summed E-state index contributed by atoms with van der Waals surface area (Å²) in [4.78, 5) is 22.4. The monoisotopic (exact) mass is 322 g/mol. The van der Waals surface area contributed by atoms with Gasteiger partial charge in [-0.25, -0.2) is 9.50 Å². The van der Waals surface area contributed by atoms with Crippen LogP contribution in [0.5, 0.6) is 0 Å². The van der Waals surface area contributed by atoms with Crippen LogP contribution in [0.2, 0.25) is 0 Å². The lowest BCUT2D eigenvalue weighted by molar-refractivity contribution is 0.915. The van der Waals surface area contributed by atoms with Gasteiger partial charge in [0.2, 0.25) is 0 Å². The van der Waals surface area contributed by atoms with Gasteiger partial charge in [-0.3, -0.25) is 4.79 Å². The zero-order chi connectivity index (χ0) is 15.4. The van der Waals surface area contributed by atoms with Gasteiger partial charge in [-0.15, -0.1) is 11.3 Å². The Morgan fingerprint density at radius 3 is 3.22 bits per heavy atom. The third-order valence-electron chi connectivity index (χ3n) is 4.49. The molecule has 0 spiro atoms. The van der Waals surface area contributed by atoms with Gasteiger partial charge in [-0.05, 0) is 37.0 Å². The average Bonchev–Trinajstić information content (AvgIpc) is 3.21. The molecule has 1 N–H and O–H groups in total. The second kappa shape index (κ2) is 4.76. The Morgan fingerprint density at radius 1 is 1.30 bits per heavy atom. The topological polar surface area (TPSA) is 63.0 Å². The van der Waals surface area contributed by atoms with E-state index in [1.165, 1.54) is 10.4 Å². The van der Waals surface area contributed by atoms with E-state index in [1.54, 1.807) is 11.3 Å². The first kappa shape index (κ1) is 13.0. The normalized spacial score (nSPS) is 13.9. The van der Waals surface area contributed by atoms with Crippen molar-refractivity contribution >= 4 is 27.1 Å². The van der Waals surface area contributed by atoms with Gasteiger partial charge in [0.15, 0.2) is 0 Å². The molecule has 4 aromatic heterocycles. The third kappa shape index (κ3) is 1.95. The highest BCUT2D eigenvalue weighted by Gasteiger charge is 2.21. The highest BCUT2D eigenvalue weighted by Crippen LogP contribution is 2.34. The van der Waals surface area contributed by atoms with E-state index in [0.29, 0.717) is 12.2 Å². The van der Waals surface area contributed by atoms with E-state index in [2.05, 4.69) is 10.1 Å². The van der Waals surface area contributed by atoms with Crippen molar-refractivity contribution in [3.63, 3.8) is 0 Å². The Hall–Kier alpha value is -2.47. The predicted octanol–water partition coefficient (Wildman–Crippen LogP) is 2.71. The molecular weight excluding hydrogens is 308 g/mol. The van der Waals surface area contributed by atoms with E-state index in [0.717, 1.165) is 40.6 Å². The highest BCUT2D eigenvalue weighted by atomic mass is 32.1. The van der Waals surface area contributed by atoms with Crippen molar-refractivity contribution in [1.29, 1.82) is 0 Å². The van der Waals surface area contributed by atoms with Gasteiger partial charge in [-0.1, -0.05) is 6.07 Å². The minimum atomic E-state index is 0.000809. The number of thiophene rings is 1. The Balaban J connectivity index is 1.62. The third-order valence-corrected chi connectivity index (χ3v) is 5.67. The summed E-state index contributed by atoms with van der Waals surface area (Å²) in [6, 6.07) is 5.96. The molecule has 5 rings (SSSR count). The van der Waals surface area contributed by atoms with Crippen LogP contribution in [0.1, 0.15) is 28.2 Å². The van der Waals surface area contributed by atoms with Crippen molar-refractivity contribution in [3.8, 4) is 0 Å². The van der Waals surface area contributed by atoms with E-state index in [4.69, 9.17) is 4.98 Å². The van der Waals surface area contributed by atoms with Crippen LogP contribution in [0.4, 0.5) is 0 Å². The summed E-state index contributed by atoms with van der Waals surface area (Å²) in [5, 5.41) is 5.15. The summed E-state index contributed by atoms with van der Waals surface area (Å²) < 4.78 is 1.84. The quantitative estimate of drug-likeness (QED) is 0.617. The Bertz CT molecular complexity index is 1100. The van der Waals surface area contributed by atoms with Gasteiger partial charge in [0, 0.05) is 23.1 Å². The maximum atomic E-state index is 12.5. The molecule has 4 heterocycles. The van der Waals surface area contributed by atoms with Crippen molar-refractivity contribution in [2.75, 3.05) is 0 Å². The van der Waals surface area contributed by atoms with Crippen molar-refractivity contribution in [2.24, 2.45) is 0 Å². The number of hydrogen-bond acceptors (Lipinski definition) is 4. The lowest BCUT2D eigenvalue weighted by Crippen LogP contribution is -2.12. The fourth-order valence-corrected chi connectivity index (χ4v) is 4.72. The fraction of sp³-hybridized carbons (Fsp3) is 0.235. The van der Waals surface area contributed by atoms with Crippen LogP contribution in [-0.2, 0) is 19.3 Å². The van der Waals surface area contributed by atoms with Gasteiger partial charge < -0.3 is 4.98 Å². The zero-order valence-electron chi connectivity index (χ0n) is 12.4. The molecule has 1 aliphatic carbocycles. The Morgan fingerprint density at radius 2 is 2.26 bits per heavy atom. The van der Waals surface area contributed by atoms with Crippen LogP contribution >= 0.6 is 11.3 Å². The summed E-state index contributed by atoms with van der Waals surface area (Å²) in [5.74, 6) is 0.709. The molecule has 114 valence electrons. The molecule has 0 saturated carbocycles. The van der Waals surface area contributed by atoms with Crippen LogP contribution in [0.25, 0.3) is 15.7 Å². The number of nitrogens with one attached hydrogen (secondary N) is 1. The summed E-state index contributed by atoms with van der Waals surface area (Å²) in [7, 11) is 0. The van der Waals surface area contributed by atoms with Crippen LogP contribution in [0.15, 0.2) is 35.4 Å². The molecule has 23 heavy (non-hydrogen) atoms. The van der Waals surface area contributed by atoms with Gasteiger partial charge >= 0.3 is 0 Å². The number of aryl methyl sites for hydroxylation is 2. The van der Waals surface area contributed by atoms with Crippen molar-refractivity contribution in [3.05, 3.63) is 62.8 Å². The lowest BCUT2D eigenvalue weighted by Gasteiger charge is -2.01. The number of fused-ring (bicyclic) bond motifs is 4. The smallest absolute Gasteiger partial charge is 0.259 e. The summed E-state index contributed by atoms with van der Waals surface area (Å²) in [6.45, 7) is 0. The maximum Gasteiger partial charge on any atom is 0.259 e. The number of pyridine rings is 1. The predicted molar refractivity (Wildman–Crippen MR) is 90.3 cm³/mol. The van der Waals surface area contributed by atoms with E-state index >= 15 is 0 Å². The first-order valence-corrected chi connectivity index (χ1v) is 8.56. The van der Waals surface area contributed by atoms with Gasteiger partial charge in [0.25, 0.3) is 5.56 Å². The first-order chi connectivity index (χ1) is 11.3. The van der Waals surface area contributed by atoms with E-state index in [9.17, 15) is 4.79 Å².